The number of halogens is 3. The van der Waals surface area contributed by atoms with E-state index in [1.54, 1.807) is 0 Å². The third-order valence-electron chi connectivity index (χ3n) is 0. The SMILES string of the molecule is [CH2-]C(Cl)(Cl)Cl.[Zn]. The van der Waals surface area contributed by atoms with Gasteiger partial charge in [0.1, 0.15) is 0 Å². The molecular weight excluding hydrogens is 196 g/mol. The largest absolute Gasteiger partial charge is 0.293 e. The second kappa shape index (κ2) is 3.49. The third kappa shape index (κ3) is 49.7. The van der Waals surface area contributed by atoms with E-state index >= 15 is 0 Å². The van der Waals surface area contributed by atoms with E-state index in [0.29, 0.717) is 0 Å². The minimum absolute atomic E-state index is 0. The van der Waals surface area contributed by atoms with Crippen LogP contribution in [0.3, 0.4) is 0 Å². The number of rotatable bonds is 0. The van der Waals surface area contributed by atoms with Crippen LogP contribution in [0.25, 0.3) is 0 Å². The summed E-state index contributed by atoms with van der Waals surface area (Å²) in [4.78, 5) is 0. The summed E-state index contributed by atoms with van der Waals surface area (Å²) in [6.45, 7) is 3.07. The fourth-order valence-corrected chi connectivity index (χ4v) is 0. The van der Waals surface area contributed by atoms with E-state index in [0.717, 1.165) is 0 Å². The van der Waals surface area contributed by atoms with E-state index in [2.05, 4.69) is 6.92 Å². The van der Waals surface area contributed by atoms with Crippen LogP contribution in [-0.2, 0) is 19.5 Å². The second-order valence-electron chi connectivity index (χ2n) is 0.615. The molecule has 0 aliphatic rings. The Balaban J connectivity index is 0. The van der Waals surface area contributed by atoms with Crippen molar-refractivity contribution in [3.05, 3.63) is 6.92 Å². The predicted molar refractivity (Wildman–Crippen MR) is 25.6 cm³/mol. The van der Waals surface area contributed by atoms with Crippen LogP contribution in [0, 0.1) is 6.92 Å². The Labute approximate surface area is 64.9 Å². The Morgan fingerprint density at radius 2 is 1.17 bits per heavy atom. The van der Waals surface area contributed by atoms with E-state index in [4.69, 9.17) is 34.8 Å². The van der Waals surface area contributed by atoms with Crippen molar-refractivity contribution in [1.29, 1.82) is 0 Å². The van der Waals surface area contributed by atoms with Gasteiger partial charge >= 0.3 is 0 Å². The first-order chi connectivity index (χ1) is 2.00. The maximum atomic E-state index is 4.95. The number of hydrogen-bond acceptors (Lipinski definition) is 0. The van der Waals surface area contributed by atoms with E-state index in [9.17, 15) is 0 Å². The van der Waals surface area contributed by atoms with Gasteiger partial charge < -0.3 is 0 Å². The molecule has 6 heavy (non-hydrogen) atoms. The smallest absolute Gasteiger partial charge is 0.0703 e. The normalized spacial score (nSPS) is 10.0. The molecule has 0 spiro atoms. The van der Waals surface area contributed by atoms with Crippen LogP contribution in [-0.4, -0.2) is 3.79 Å². The molecule has 0 nitrogen and oxygen atoms in total. The van der Waals surface area contributed by atoms with Crippen molar-refractivity contribution in [2.75, 3.05) is 0 Å². The second-order valence-corrected chi connectivity index (χ2v) is 3.13. The Bertz CT molecular complexity index is 24.3. The van der Waals surface area contributed by atoms with Crippen molar-refractivity contribution in [2.45, 2.75) is 3.79 Å². The van der Waals surface area contributed by atoms with Gasteiger partial charge in [0.2, 0.25) is 0 Å². The molecular formula is C2H2Cl3Zn-. The van der Waals surface area contributed by atoms with Gasteiger partial charge in [-0.3, -0.25) is 6.92 Å². The van der Waals surface area contributed by atoms with Gasteiger partial charge in [-0.25, -0.2) is 0 Å². The Morgan fingerprint density at radius 3 is 1.17 bits per heavy atom. The zero-order valence-corrected chi connectivity index (χ0v) is 8.28. The average molecular weight is 198 g/mol. The minimum Gasteiger partial charge on any atom is -0.293 e. The molecule has 34 valence electrons. The topological polar surface area (TPSA) is 0 Å². The van der Waals surface area contributed by atoms with Crippen LogP contribution in [0.5, 0.6) is 0 Å². The van der Waals surface area contributed by atoms with Gasteiger partial charge in [-0.05, 0) is 0 Å². The van der Waals surface area contributed by atoms with E-state index in [1.807, 2.05) is 0 Å². The van der Waals surface area contributed by atoms with E-state index in [1.165, 1.54) is 0 Å². The zero-order chi connectivity index (χ0) is 4.50. The summed E-state index contributed by atoms with van der Waals surface area (Å²) in [6.07, 6.45) is 0. The van der Waals surface area contributed by atoms with Gasteiger partial charge in [0.05, 0.1) is 3.79 Å². The van der Waals surface area contributed by atoms with Crippen LogP contribution >= 0.6 is 34.8 Å². The summed E-state index contributed by atoms with van der Waals surface area (Å²) in [5, 5.41) is 0. The summed E-state index contributed by atoms with van der Waals surface area (Å²) in [6, 6.07) is 0. The van der Waals surface area contributed by atoms with Gasteiger partial charge in [0.25, 0.3) is 0 Å². The first-order valence-corrected chi connectivity index (χ1v) is 2.05. The summed E-state index contributed by atoms with van der Waals surface area (Å²) in [5.74, 6) is 0. The molecule has 0 radical (unpaired) electrons. The Kier molecular flexibility index (Phi) is 6.09. The van der Waals surface area contributed by atoms with E-state index in [-0.39, 0.29) is 19.5 Å². The summed E-state index contributed by atoms with van der Waals surface area (Å²) < 4.78 is -1.33. The standard InChI is InChI=1S/C2H2Cl3.Zn/c1-2(3,4)5;/h1H2;/q-1;. The Hall–Kier alpha value is 1.49. The van der Waals surface area contributed by atoms with Crippen LogP contribution < -0.4 is 0 Å². The number of alkyl halides is 3. The zero-order valence-electron chi connectivity index (χ0n) is 3.05. The molecule has 4 heteroatoms. The van der Waals surface area contributed by atoms with Crippen molar-refractivity contribution >= 4 is 34.8 Å². The molecule has 0 aliphatic carbocycles. The summed E-state index contributed by atoms with van der Waals surface area (Å²) in [5.41, 5.74) is 0. The van der Waals surface area contributed by atoms with Gasteiger partial charge in [-0.1, -0.05) is 0 Å². The molecule has 0 amide bonds. The minimum atomic E-state index is -1.33. The fraction of sp³-hybridized carbons (Fsp3) is 0.500. The molecule has 0 aromatic carbocycles. The molecule has 0 atom stereocenters. The van der Waals surface area contributed by atoms with Crippen molar-refractivity contribution in [2.24, 2.45) is 0 Å². The third-order valence-corrected chi connectivity index (χ3v) is 0. The van der Waals surface area contributed by atoms with E-state index < -0.39 is 3.79 Å². The molecule has 0 aliphatic heterocycles. The Morgan fingerprint density at radius 1 is 1.17 bits per heavy atom. The van der Waals surface area contributed by atoms with Crippen molar-refractivity contribution in [1.82, 2.24) is 0 Å². The fourth-order valence-electron chi connectivity index (χ4n) is 0. The maximum Gasteiger partial charge on any atom is 0.0703 e. The first kappa shape index (κ1) is 10.5. The van der Waals surface area contributed by atoms with Gasteiger partial charge in [-0.15, -0.1) is 34.8 Å². The molecule has 0 unspecified atom stereocenters. The molecule has 0 fully saturated rings. The predicted octanol–water partition coefficient (Wildman–Crippen LogP) is 2.19. The van der Waals surface area contributed by atoms with Gasteiger partial charge in [0.15, 0.2) is 0 Å². The summed E-state index contributed by atoms with van der Waals surface area (Å²) >= 11 is 14.8. The van der Waals surface area contributed by atoms with Crippen LogP contribution in [0.1, 0.15) is 0 Å². The summed E-state index contributed by atoms with van der Waals surface area (Å²) in [7, 11) is 0. The van der Waals surface area contributed by atoms with Crippen LogP contribution in [0.2, 0.25) is 0 Å². The monoisotopic (exact) mass is 195 g/mol. The molecule has 0 saturated carbocycles. The number of hydrogen-bond donors (Lipinski definition) is 0. The van der Waals surface area contributed by atoms with Crippen LogP contribution in [0.4, 0.5) is 0 Å². The quantitative estimate of drug-likeness (QED) is 0.317. The van der Waals surface area contributed by atoms with Crippen molar-refractivity contribution < 1.29 is 19.5 Å². The van der Waals surface area contributed by atoms with Crippen molar-refractivity contribution in [3.8, 4) is 0 Å². The van der Waals surface area contributed by atoms with Crippen LogP contribution in [0.15, 0.2) is 0 Å². The molecule has 0 bridgehead atoms. The average Bonchev–Trinajstić information content (AvgIpc) is 0.722. The maximum absolute atomic E-state index is 4.95. The molecule has 0 N–H and O–H groups in total. The molecule has 0 rings (SSSR count). The molecule has 0 aromatic heterocycles. The molecule has 0 saturated heterocycles. The molecule has 0 aromatic rings. The van der Waals surface area contributed by atoms with Crippen molar-refractivity contribution in [3.63, 3.8) is 0 Å². The molecule has 0 heterocycles. The first-order valence-electron chi connectivity index (χ1n) is 0.921. The van der Waals surface area contributed by atoms with Gasteiger partial charge in [-0.2, -0.15) is 0 Å². The van der Waals surface area contributed by atoms with Gasteiger partial charge in [0, 0.05) is 19.5 Å².